The molecule has 1 saturated heterocycles. The highest BCUT2D eigenvalue weighted by Gasteiger charge is 2.51. The van der Waals surface area contributed by atoms with Gasteiger partial charge in [0, 0.05) is 16.8 Å². The maximum atomic E-state index is 4.18. The molecule has 26 heavy (non-hydrogen) atoms. The molecule has 3 fully saturated rings. The Morgan fingerprint density at radius 1 is 1.08 bits per heavy atom. The van der Waals surface area contributed by atoms with E-state index >= 15 is 0 Å². The van der Waals surface area contributed by atoms with Crippen molar-refractivity contribution in [1.29, 1.82) is 0 Å². The van der Waals surface area contributed by atoms with E-state index in [2.05, 4.69) is 64.6 Å². The summed E-state index contributed by atoms with van der Waals surface area (Å²) in [7, 11) is 0. The smallest absolute Gasteiger partial charge is 0.0220 e. The highest BCUT2D eigenvalue weighted by Crippen LogP contribution is 2.55. The summed E-state index contributed by atoms with van der Waals surface area (Å²) in [6, 6.07) is 9.76. The number of piperidine rings is 1. The summed E-state index contributed by atoms with van der Waals surface area (Å²) in [5.41, 5.74) is 3.01. The molecule has 1 heterocycles. The zero-order valence-corrected chi connectivity index (χ0v) is 17.5. The lowest BCUT2D eigenvalue weighted by atomic mass is 9.67. The van der Waals surface area contributed by atoms with Crippen LogP contribution in [0, 0.1) is 29.6 Å². The van der Waals surface area contributed by atoms with Gasteiger partial charge in [0.1, 0.15) is 0 Å². The number of allylic oxidation sites excluding steroid dienone is 1. The normalized spacial score (nSPS) is 43.8. The Morgan fingerprint density at radius 3 is 2.88 bits per heavy atom. The minimum absolute atomic E-state index is 0.654. The Hall–Kier alpha value is -0.600. The van der Waals surface area contributed by atoms with Gasteiger partial charge in [0.25, 0.3) is 0 Å². The van der Waals surface area contributed by atoms with E-state index in [1.165, 1.54) is 50.6 Å². The second kappa shape index (κ2) is 7.09. The minimum atomic E-state index is 0.654. The van der Waals surface area contributed by atoms with E-state index in [1.54, 1.807) is 5.56 Å². The van der Waals surface area contributed by atoms with Crippen LogP contribution in [0.5, 0.6) is 0 Å². The first-order chi connectivity index (χ1) is 12.7. The van der Waals surface area contributed by atoms with Gasteiger partial charge in [-0.05, 0) is 85.8 Å². The van der Waals surface area contributed by atoms with E-state index in [-0.39, 0.29) is 0 Å². The van der Waals surface area contributed by atoms with Gasteiger partial charge >= 0.3 is 0 Å². The predicted octanol–water partition coefficient (Wildman–Crippen LogP) is 6.00. The van der Waals surface area contributed by atoms with Crippen molar-refractivity contribution < 1.29 is 0 Å². The topological polar surface area (TPSA) is 12.0 Å². The van der Waals surface area contributed by atoms with Crippen molar-refractivity contribution in [2.75, 3.05) is 6.54 Å². The molecule has 2 heteroatoms. The molecule has 5 rings (SSSR count). The van der Waals surface area contributed by atoms with Gasteiger partial charge in [-0.15, -0.1) is 0 Å². The monoisotopic (exact) mass is 413 g/mol. The van der Waals surface area contributed by atoms with Gasteiger partial charge in [-0.3, -0.25) is 0 Å². The van der Waals surface area contributed by atoms with Gasteiger partial charge in [0.05, 0.1) is 0 Å². The largest absolute Gasteiger partial charge is 0.314 e. The van der Waals surface area contributed by atoms with Gasteiger partial charge in [-0.2, -0.15) is 0 Å². The van der Waals surface area contributed by atoms with Crippen LogP contribution in [0.15, 0.2) is 30.3 Å². The van der Waals surface area contributed by atoms with E-state index in [9.17, 15) is 0 Å². The van der Waals surface area contributed by atoms with Crippen LogP contribution >= 0.6 is 15.9 Å². The third-order valence-electron chi connectivity index (χ3n) is 8.17. The first-order valence-electron chi connectivity index (χ1n) is 10.9. The molecule has 8 unspecified atom stereocenters. The minimum Gasteiger partial charge on any atom is -0.314 e. The van der Waals surface area contributed by atoms with Crippen molar-refractivity contribution in [3.63, 3.8) is 0 Å². The van der Waals surface area contributed by atoms with E-state index in [0.717, 1.165) is 40.5 Å². The first kappa shape index (κ1) is 17.5. The number of benzene rings is 1. The molecule has 1 aromatic carbocycles. The van der Waals surface area contributed by atoms with E-state index in [0.29, 0.717) is 5.92 Å². The maximum absolute atomic E-state index is 4.18. The first-order valence-corrected chi connectivity index (χ1v) is 11.8. The molecule has 1 aliphatic heterocycles. The van der Waals surface area contributed by atoms with Crippen molar-refractivity contribution in [1.82, 2.24) is 5.32 Å². The summed E-state index contributed by atoms with van der Waals surface area (Å²) >= 11 is 4.18. The van der Waals surface area contributed by atoms with Gasteiger partial charge in [-0.25, -0.2) is 0 Å². The van der Waals surface area contributed by atoms with Gasteiger partial charge in [0.15, 0.2) is 0 Å². The third kappa shape index (κ3) is 2.92. The Bertz CT molecular complexity index is 683. The lowest BCUT2D eigenvalue weighted by Gasteiger charge is -2.47. The van der Waals surface area contributed by atoms with Crippen LogP contribution in [0.25, 0.3) is 6.08 Å². The highest BCUT2D eigenvalue weighted by molar-refractivity contribution is 9.09. The van der Waals surface area contributed by atoms with Crippen LogP contribution in [-0.2, 0) is 0 Å². The molecule has 1 N–H and O–H groups in total. The number of nitrogens with one attached hydrogen (secondary N) is 1. The molecular formula is C24H32BrN. The summed E-state index contributed by atoms with van der Waals surface area (Å²) in [5.74, 6) is 5.20. The number of hydrogen-bond donors (Lipinski definition) is 1. The second-order valence-electron chi connectivity index (χ2n) is 9.42. The fraction of sp³-hybridized carbons (Fsp3) is 0.667. The zero-order chi connectivity index (χ0) is 17.7. The van der Waals surface area contributed by atoms with Crippen molar-refractivity contribution in [3.05, 3.63) is 41.5 Å². The molecule has 0 spiro atoms. The van der Waals surface area contributed by atoms with Crippen LogP contribution in [0.1, 0.15) is 62.5 Å². The van der Waals surface area contributed by atoms with Crippen molar-refractivity contribution in [2.24, 2.45) is 29.6 Å². The molecule has 0 bridgehead atoms. The summed E-state index contributed by atoms with van der Waals surface area (Å²) in [6.07, 6.45) is 13.2. The molecule has 2 saturated carbocycles. The number of rotatable bonds is 3. The van der Waals surface area contributed by atoms with Crippen LogP contribution in [0.3, 0.4) is 0 Å². The van der Waals surface area contributed by atoms with Crippen molar-refractivity contribution >= 4 is 22.0 Å². The fourth-order valence-corrected chi connectivity index (χ4v) is 8.15. The Balaban J connectivity index is 1.29. The third-order valence-corrected chi connectivity index (χ3v) is 9.53. The Morgan fingerprint density at radius 2 is 1.96 bits per heavy atom. The number of hydrogen-bond acceptors (Lipinski definition) is 1. The van der Waals surface area contributed by atoms with Gasteiger partial charge in [-0.1, -0.05) is 59.3 Å². The predicted molar refractivity (Wildman–Crippen MR) is 114 cm³/mol. The lowest BCUT2D eigenvalue weighted by molar-refractivity contribution is 0.112. The van der Waals surface area contributed by atoms with Crippen molar-refractivity contribution in [2.45, 2.75) is 62.2 Å². The molecule has 140 valence electrons. The summed E-state index contributed by atoms with van der Waals surface area (Å²) < 4.78 is 0. The van der Waals surface area contributed by atoms with Crippen LogP contribution in [0.2, 0.25) is 0 Å². The molecule has 0 radical (unpaired) electrons. The second-order valence-corrected chi connectivity index (χ2v) is 10.5. The van der Waals surface area contributed by atoms with Crippen molar-refractivity contribution in [3.8, 4) is 0 Å². The van der Waals surface area contributed by atoms with Crippen LogP contribution in [0.4, 0.5) is 0 Å². The molecule has 0 aromatic heterocycles. The summed E-state index contributed by atoms with van der Waals surface area (Å²) in [5, 5.41) is 3.87. The molecular weight excluding hydrogens is 382 g/mol. The zero-order valence-electron chi connectivity index (χ0n) is 15.9. The SMILES string of the molecule is CC1CC2C(Br)C3CCCNC3CC2C1CCC1C=Cc2ccccc21. The van der Waals surface area contributed by atoms with E-state index in [4.69, 9.17) is 0 Å². The average molecular weight is 414 g/mol. The maximum Gasteiger partial charge on any atom is 0.0220 e. The number of halogens is 1. The lowest BCUT2D eigenvalue weighted by Crippen LogP contribution is -2.52. The fourth-order valence-electron chi connectivity index (χ4n) is 6.91. The standard InChI is InChI=1S/C24H32BrN/c1-15-13-22-21(14-23-20(24(22)25)7-4-12-26-23)18(15)11-10-17-9-8-16-5-2-3-6-19(16)17/h2-3,5-6,8-9,15,17-18,20-24,26H,4,7,10-14H2,1H3. The number of alkyl halides is 1. The average Bonchev–Trinajstić information content (AvgIpc) is 3.21. The molecule has 0 amide bonds. The van der Waals surface area contributed by atoms with E-state index < -0.39 is 0 Å². The molecule has 4 aliphatic rings. The van der Waals surface area contributed by atoms with E-state index in [1.807, 2.05) is 0 Å². The molecule has 3 aliphatic carbocycles. The molecule has 1 nitrogen and oxygen atoms in total. The summed E-state index contributed by atoms with van der Waals surface area (Å²) in [6.45, 7) is 3.78. The summed E-state index contributed by atoms with van der Waals surface area (Å²) in [4.78, 5) is 0.749. The highest BCUT2D eigenvalue weighted by atomic mass is 79.9. The quantitative estimate of drug-likeness (QED) is 0.598. The van der Waals surface area contributed by atoms with Crippen LogP contribution in [-0.4, -0.2) is 17.4 Å². The van der Waals surface area contributed by atoms with Gasteiger partial charge < -0.3 is 5.32 Å². The molecule has 8 atom stereocenters. The number of fused-ring (bicyclic) bond motifs is 3. The van der Waals surface area contributed by atoms with Crippen LogP contribution < -0.4 is 5.32 Å². The molecule has 1 aromatic rings. The Kier molecular flexibility index (Phi) is 4.77. The Labute approximate surface area is 167 Å². The van der Waals surface area contributed by atoms with Gasteiger partial charge in [0.2, 0.25) is 0 Å².